The minimum absolute atomic E-state index is 0.0819. The minimum Gasteiger partial charge on any atom is -0.352 e. The van der Waals surface area contributed by atoms with Gasteiger partial charge in [-0.25, -0.2) is 0 Å². The van der Waals surface area contributed by atoms with E-state index in [1.807, 2.05) is 10.1 Å². The fourth-order valence-corrected chi connectivity index (χ4v) is 4.25. The fraction of sp³-hybridized carbons (Fsp3) is 0.333. The summed E-state index contributed by atoms with van der Waals surface area (Å²) in [5, 5.41) is 14.5. The molecule has 4 rings (SSSR count). The summed E-state index contributed by atoms with van der Waals surface area (Å²) in [6, 6.07) is 5.57. The maximum Gasteiger partial charge on any atom is 0.254 e. The Morgan fingerprint density at radius 1 is 1.21 bits per heavy atom. The number of aromatic nitrogens is 3. The molecule has 0 bridgehead atoms. The number of hydrogen-bond donors (Lipinski definition) is 2. The zero-order valence-electron chi connectivity index (χ0n) is 16.0. The molecule has 7 nitrogen and oxygen atoms in total. The van der Waals surface area contributed by atoms with Crippen LogP contribution in [-0.4, -0.2) is 39.7 Å². The van der Waals surface area contributed by atoms with Crippen molar-refractivity contribution in [2.75, 3.05) is 13.1 Å². The SMILES string of the molecule is O=C(NC[C@H]1CCn2ncc(C(=O)NCCc3ccsc3)c2C1)c1cccnc1. The van der Waals surface area contributed by atoms with Gasteiger partial charge in [-0.2, -0.15) is 16.4 Å². The number of nitrogens with zero attached hydrogens (tertiary/aromatic N) is 3. The van der Waals surface area contributed by atoms with Crippen LogP contribution >= 0.6 is 11.3 Å². The van der Waals surface area contributed by atoms with Crippen LogP contribution in [0.15, 0.2) is 47.5 Å². The van der Waals surface area contributed by atoms with Gasteiger partial charge in [-0.3, -0.25) is 19.3 Å². The second-order valence-electron chi connectivity index (χ2n) is 7.18. The van der Waals surface area contributed by atoms with E-state index >= 15 is 0 Å². The number of amides is 2. The van der Waals surface area contributed by atoms with Crippen LogP contribution in [0.1, 0.15) is 38.4 Å². The largest absolute Gasteiger partial charge is 0.352 e. The Labute approximate surface area is 173 Å². The van der Waals surface area contributed by atoms with Gasteiger partial charge in [0.05, 0.1) is 23.0 Å². The van der Waals surface area contributed by atoms with E-state index < -0.39 is 0 Å². The predicted molar refractivity (Wildman–Crippen MR) is 111 cm³/mol. The Kier molecular flexibility index (Phi) is 6.00. The summed E-state index contributed by atoms with van der Waals surface area (Å²) < 4.78 is 1.91. The summed E-state index contributed by atoms with van der Waals surface area (Å²) in [7, 11) is 0. The zero-order chi connectivity index (χ0) is 20.1. The second-order valence-corrected chi connectivity index (χ2v) is 7.96. The van der Waals surface area contributed by atoms with E-state index in [4.69, 9.17) is 0 Å². The van der Waals surface area contributed by atoms with Crippen LogP contribution in [0.2, 0.25) is 0 Å². The number of aryl methyl sites for hydroxylation is 1. The monoisotopic (exact) mass is 409 g/mol. The average molecular weight is 410 g/mol. The first-order valence-electron chi connectivity index (χ1n) is 9.73. The molecule has 2 N–H and O–H groups in total. The summed E-state index contributed by atoms with van der Waals surface area (Å²) in [6.07, 6.45) is 7.32. The first-order valence-corrected chi connectivity index (χ1v) is 10.7. The molecule has 0 aliphatic carbocycles. The fourth-order valence-electron chi connectivity index (χ4n) is 3.55. The first-order chi connectivity index (χ1) is 14.2. The van der Waals surface area contributed by atoms with Crippen molar-refractivity contribution in [2.24, 2.45) is 5.92 Å². The molecule has 2 amide bonds. The van der Waals surface area contributed by atoms with Crippen molar-refractivity contribution in [3.8, 4) is 0 Å². The molecule has 3 aromatic rings. The van der Waals surface area contributed by atoms with E-state index in [0.717, 1.165) is 31.5 Å². The van der Waals surface area contributed by atoms with Crippen LogP contribution in [0.5, 0.6) is 0 Å². The number of pyridine rings is 1. The third-order valence-corrected chi connectivity index (χ3v) is 5.91. The molecule has 1 atom stereocenters. The lowest BCUT2D eigenvalue weighted by Gasteiger charge is -2.24. The lowest BCUT2D eigenvalue weighted by Crippen LogP contribution is -2.34. The lowest BCUT2D eigenvalue weighted by atomic mass is 9.94. The zero-order valence-corrected chi connectivity index (χ0v) is 16.8. The van der Waals surface area contributed by atoms with Crippen LogP contribution in [0.4, 0.5) is 0 Å². The van der Waals surface area contributed by atoms with Gasteiger partial charge in [0.1, 0.15) is 0 Å². The Morgan fingerprint density at radius 2 is 2.14 bits per heavy atom. The Hall–Kier alpha value is -3.00. The molecule has 4 heterocycles. The van der Waals surface area contributed by atoms with Gasteiger partial charge in [-0.05, 0) is 59.7 Å². The van der Waals surface area contributed by atoms with Crippen LogP contribution < -0.4 is 10.6 Å². The van der Waals surface area contributed by atoms with E-state index in [1.54, 1.807) is 42.1 Å². The van der Waals surface area contributed by atoms with Gasteiger partial charge in [-0.15, -0.1) is 0 Å². The van der Waals surface area contributed by atoms with E-state index in [0.29, 0.717) is 24.2 Å². The second kappa shape index (κ2) is 9.00. The highest BCUT2D eigenvalue weighted by Crippen LogP contribution is 2.22. The van der Waals surface area contributed by atoms with Gasteiger partial charge in [0.2, 0.25) is 0 Å². The molecule has 0 unspecified atom stereocenters. The molecule has 0 saturated carbocycles. The third kappa shape index (κ3) is 4.71. The quantitative estimate of drug-likeness (QED) is 0.627. The standard InChI is InChI=1S/C21H23N5O2S/c27-20(17-2-1-6-22-12-17)24-11-16-4-8-26-19(10-16)18(13-25-26)21(28)23-7-3-15-5-9-29-14-15/h1-2,5-6,9,12-14,16H,3-4,7-8,10-11H2,(H,23,28)(H,24,27)/t16-/m0/s1. The first kappa shape index (κ1) is 19.3. The summed E-state index contributed by atoms with van der Waals surface area (Å²) >= 11 is 1.66. The van der Waals surface area contributed by atoms with Crippen molar-refractivity contribution in [1.82, 2.24) is 25.4 Å². The minimum atomic E-state index is -0.122. The highest BCUT2D eigenvalue weighted by molar-refractivity contribution is 7.07. The lowest BCUT2D eigenvalue weighted by molar-refractivity contribution is 0.0935. The van der Waals surface area contributed by atoms with Crippen molar-refractivity contribution in [1.29, 1.82) is 0 Å². The molecule has 0 saturated heterocycles. The summed E-state index contributed by atoms with van der Waals surface area (Å²) in [6.45, 7) is 1.92. The number of thiophene rings is 1. The normalized spacial score (nSPS) is 15.5. The molecule has 0 radical (unpaired) electrons. The number of fused-ring (bicyclic) bond motifs is 1. The maximum absolute atomic E-state index is 12.6. The molecule has 1 aliphatic rings. The van der Waals surface area contributed by atoms with Crippen molar-refractivity contribution in [3.63, 3.8) is 0 Å². The molecular formula is C21H23N5O2S. The van der Waals surface area contributed by atoms with E-state index in [-0.39, 0.29) is 17.7 Å². The average Bonchev–Trinajstić information content (AvgIpc) is 3.42. The molecule has 29 heavy (non-hydrogen) atoms. The summed E-state index contributed by atoms with van der Waals surface area (Å²) in [4.78, 5) is 28.8. The van der Waals surface area contributed by atoms with Crippen LogP contribution in [0.3, 0.4) is 0 Å². The Morgan fingerprint density at radius 3 is 2.93 bits per heavy atom. The van der Waals surface area contributed by atoms with Gasteiger partial charge >= 0.3 is 0 Å². The molecule has 8 heteroatoms. The molecule has 0 aromatic carbocycles. The molecular weight excluding hydrogens is 386 g/mol. The van der Waals surface area contributed by atoms with E-state index in [2.05, 4.69) is 32.2 Å². The van der Waals surface area contributed by atoms with Crippen LogP contribution in [0.25, 0.3) is 0 Å². The molecule has 0 fully saturated rings. The van der Waals surface area contributed by atoms with Crippen LogP contribution in [-0.2, 0) is 19.4 Å². The highest BCUT2D eigenvalue weighted by atomic mass is 32.1. The number of rotatable bonds is 7. The summed E-state index contributed by atoms with van der Waals surface area (Å²) in [5.74, 6) is 0.0716. The van der Waals surface area contributed by atoms with E-state index in [1.165, 1.54) is 5.56 Å². The van der Waals surface area contributed by atoms with Crippen molar-refractivity contribution in [2.45, 2.75) is 25.8 Å². The Bertz CT molecular complexity index is 968. The van der Waals surface area contributed by atoms with Gasteiger partial charge in [0, 0.05) is 32.0 Å². The number of carbonyl (C=O) groups is 2. The summed E-state index contributed by atoms with van der Waals surface area (Å²) in [5.41, 5.74) is 3.37. The maximum atomic E-state index is 12.6. The van der Waals surface area contributed by atoms with Crippen LogP contribution in [0, 0.1) is 5.92 Å². The van der Waals surface area contributed by atoms with Crippen molar-refractivity contribution in [3.05, 3.63) is 69.9 Å². The molecule has 0 spiro atoms. The smallest absolute Gasteiger partial charge is 0.254 e. The van der Waals surface area contributed by atoms with Gasteiger partial charge in [0.15, 0.2) is 0 Å². The predicted octanol–water partition coefficient (Wildman–Crippen LogP) is 2.30. The third-order valence-electron chi connectivity index (χ3n) is 5.18. The molecule has 1 aliphatic heterocycles. The van der Waals surface area contributed by atoms with Gasteiger partial charge in [0.25, 0.3) is 11.8 Å². The molecule has 150 valence electrons. The van der Waals surface area contributed by atoms with Crippen molar-refractivity contribution < 1.29 is 9.59 Å². The molecule has 3 aromatic heterocycles. The number of carbonyl (C=O) groups excluding carboxylic acids is 2. The van der Waals surface area contributed by atoms with E-state index in [9.17, 15) is 9.59 Å². The topological polar surface area (TPSA) is 88.9 Å². The Balaban J connectivity index is 1.32. The van der Waals surface area contributed by atoms with Gasteiger partial charge in [-0.1, -0.05) is 0 Å². The highest BCUT2D eigenvalue weighted by Gasteiger charge is 2.25. The van der Waals surface area contributed by atoms with Gasteiger partial charge < -0.3 is 10.6 Å². The number of hydrogen-bond acceptors (Lipinski definition) is 5. The van der Waals surface area contributed by atoms with Crippen molar-refractivity contribution >= 4 is 23.2 Å². The number of nitrogens with one attached hydrogen (secondary N) is 2.